The summed E-state index contributed by atoms with van der Waals surface area (Å²) in [6.45, 7) is 0.679. The van der Waals surface area contributed by atoms with E-state index in [0.717, 1.165) is 0 Å². The van der Waals surface area contributed by atoms with Gasteiger partial charge in [-0.05, 0) is 45.6 Å². The number of carbonyl (C=O) groups is 1. The van der Waals surface area contributed by atoms with E-state index in [4.69, 9.17) is 0 Å². The summed E-state index contributed by atoms with van der Waals surface area (Å²) in [6.07, 6.45) is 0.650. The van der Waals surface area contributed by atoms with E-state index in [2.05, 4.69) is 32.6 Å². The molecule has 2 aromatic rings. The quantitative estimate of drug-likeness (QED) is 0.732. The molecule has 0 aromatic heterocycles. The summed E-state index contributed by atoms with van der Waals surface area (Å²) in [5.41, 5.74) is 2.83. The average Bonchev–Trinajstić information content (AvgIpc) is 2.51. The molecule has 0 aliphatic carbocycles. The van der Waals surface area contributed by atoms with Gasteiger partial charge in [-0.15, -0.1) is 0 Å². The highest BCUT2D eigenvalue weighted by Crippen LogP contribution is 2.31. The van der Waals surface area contributed by atoms with Crippen molar-refractivity contribution in [1.82, 2.24) is 5.32 Å². The van der Waals surface area contributed by atoms with Crippen LogP contribution in [0.5, 0.6) is 5.75 Å². The highest BCUT2D eigenvalue weighted by molar-refractivity contribution is 9.10. The number of hydrogen-bond donors (Lipinski definition) is 3. The first-order valence-corrected chi connectivity index (χ1v) is 7.53. The van der Waals surface area contributed by atoms with Crippen molar-refractivity contribution < 1.29 is 9.90 Å². The van der Waals surface area contributed by atoms with Crippen LogP contribution in [0.25, 0.3) is 0 Å². The molecule has 4 nitrogen and oxygen atoms in total. The van der Waals surface area contributed by atoms with Crippen molar-refractivity contribution in [2.24, 2.45) is 0 Å². The zero-order chi connectivity index (χ0) is 14.8. The number of carbonyl (C=O) groups excluding carboxylic acids is 1. The molecule has 1 atom stereocenters. The molecule has 1 amide bonds. The van der Waals surface area contributed by atoms with Crippen molar-refractivity contribution in [2.75, 3.05) is 5.32 Å². The molecule has 0 unspecified atom stereocenters. The number of amides is 1. The maximum absolute atomic E-state index is 12.3. The largest absolute Gasteiger partial charge is 0.505 e. The smallest absolute Gasteiger partial charge is 0.241 e. The van der Waals surface area contributed by atoms with Gasteiger partial charge in [-0.1, -0.05) is 30.3 Å². The summed E-state index contributed by atoms with van der Waals surface area (Å²) in [5.74, 6) is -0.0973. The van der Waals surface area contributed by atoms with E-state index >= 15 is 0 Å². The van der Waals surface area contributed by atoms with E-state index in [-0.39, 0.29) is 17.7 Å². The van der Waals surface area contributed by atoms with Gasteiger partial charge in [0.2, 0.25) is 5.91 Å². The van der Waals surface area contributed by atoms with Crippen LogP contribution in [0, 0.1) is 0 Å². The lowest BCUT2D eigenvalue weighted by Crippen LogP contribution is -2.44. The molecule has 0 fully saturated rings. The highest BCUT2D eigenvalue weighted by Gasteiger charge is 2.24. The van der Waals surface area contributed by atoms with Crippen molar-refractivity contribution in [2.45, 2.75) is 19.0 Å². The molecule has 3 N–H and O–H groups in total. The predicted octanol–water partition coefficient (Wildman–Crippen LogP) is 2.81. The topological polar surface area (TPSA) is 61.4 Å². The zero-order valence-electron chi connectivity index (χ0n) is 11.3. The van der Waals surface area contributed by atoms with E-state index in [1.807, 2.05) is 18.2 Å². The molecule has 5 heteroatoms. The highest BCUT2D eigenvalue weighted by atomic mass is 79.9. The minimum Gasteiger partial charge on any atom is -0.505 e. The van der Waals surface area contributed by atoms with E-state index in [1.165, 1.54) is 11.1 Å². The lowest BCUT2D eigenvalue weighted by Gasteiger charge is -2.25. The van der Waals surface area contributed by atoms with Crippen molar-refractivity contribution in [3.05, 3.63) is 58.1 Å². The second kappa shape index (κ2) is 5.87. The van der Waals surface area contributed by atoms with Gasteiger partial charge in [0.25, 0.3) is 0 Å². The van der Waals surface area contributed by atoms with Crippen molar-refractivity contribution in [1.29, 1.82) is 0 Å². The van der Waals surface area contributed by atoms with Crippen LogP contribution in [0.1, 0.15) is 11.1 Å². The Bertz CT molecular complexity index is 688. The Morgan fingerprint density at radius 3 is 2.76 bits per heavy atom. The van der Waals surface area contributed by atoms with Crippen LogP contribution in [0.2, 0.25) is 0 Å². The summed E-state index contributed by atoms with van der Waals surface area (Å²) in [6, 6.07) is 13.0. The Balaban J connectivity index is 1.74. The summed E-state index contributed by atoms with van der Waals surface area (Å²) < 4.78 is 0.558. The summed E-state index contributed by atoms with van der Waals surface area (Å²) in [4.78, 5) is 12.3. The third kappa shape index (κ3) is 2.94. The van der Waals surface area contributed by atoms with Crippen molar-refractivity contribution >= 4 is 27.5 Å². The maximum atomic E-state index is 12.3. The third-order valence-electron chi connectivity index (χ3n) is 3.64. The number of aromatic hydroxyl groups is 1. The lowest BCUT2D eigenvalue weighted by molar-refractivity contribution is -0.118. The molecule has 3 rings (SSSR count). The van der Waals surface area contributed by atoms with Gasteiger partial charge in [-0.2, -0.15) is 0 Å². The van der Waals surface area contributed by atoms with E-state index in [0.29, 0.717) is 23.1 Å². The molecular weight excluding hydrogens is 332 g/mol. The number of halogens is 1. The molecule has 0 saturated carbocycles. The molecular formula is C16H15BrN2O2. The first-order chi connectivity index (χ1) is 10.1. The maximum Gasteiger partial charge on any atom is 0.241 e. The molecule has 1 aliphatic heterocycles. The van der Waals surface area contributed by atoms with Crippen LogP contribution in [0.15, 0.2) is 46.9 Å². The second-order valence-corrected chi connectivity index (χ2v) is 5.89. The molecule has 0 bridgehead atoms. The van der Waals surface area contributed by atoms with E-state index in [9.17, 15) is 9.90 Å². The van der Waals surface area contributed by atoms with Gasteiger partial charge in [0.05, 0.1) is 16.2 Å². The third-order valence-corrected chi connectivity index (χ3v) is 4.28. The SMILES string of the molecule is O=C(Nc1cccc(Br)c1O)[C@@H]1Cc2ccccc2CN1. The number of benzene rings is 2. The first-order valence-electron chi connectivity index (χ1n) is 6.73. The summed E-state index contributed by atoms with van der Waals surface area (Å²) in [7, 11) is 0. The number of nitrogens with one attached hydrogen (secondary N) is 2. The molecule has 1 heterocycles. The normalized spacial score (nSPS) is 17.1. The minimum absolute atomic E-state index is 0.0436. The molecule has 0 saturated heterocycles. The number of para-hydroxylation sites is 1. The lowest BCUT2D eigenvalue weighted by atomic mass is 9.95. The number of hydrogen-bond acceptors (Lipinski definition) is 3. The van der Waals surface area contributed by atoms with Gasteiger partial charge in [0, 0.05) is 6.54 Å². The zero-order valence-corrected chi connectivity index (χ0v) is 12.9. The Morgan fingerprint density at radius 2 is 1.95 bits per heavy atom. The predicted molar refractivity (Wildman–Crippen MR) is 85.2 cm³/mol. The number of fused-ring (bicyclic) bond motifs is 1. The second-order valence-electron chi connectivity index (χ2n) is 5.03. The monoisotopic (exact) mass is 346 g/mol. The van der Waals surface area contributed by atoms with Crippen LogP contribution < -0.4 is 10.6 Å². The van der Waals surface area contributed by atoms with Crippen LogP contribution in [-0.2, 0) is 17.8 Å². The molecule has 108 valence electrons. The Morgan fingerprint density at radius 1 is 1.19 bits per heavy atom. The fourth-order valence-corrected chi connectivity index (χ4v) is 2.84. The van der Waals surface area contributed by atoms with Gasteiger partial charge >= 0.3 is 0 Å². The molecule has 2 aromatic carbocycles. The first kappa shape index (κ1) is 14.1. The standard InChI is InChI=1S/C16H15BrN2O2/c17-12-6-3-7-13(15(12)20)19-16(21)14-8-10-4-1-2-5-11(10)9-18-14/h1-7,14,18,20H,8-9H2,(H,19,21)/t14-/m0/s1. The number of rotatable bonds is 2. The van der Waals surface area contributed by atoms with Gasteiger partial charge in [-0.25, -0.2) is 0 Å². The average molecular weight is 347 g/mol. The number of phenols is 1. The Kier molecular flexibility index (Phi) is 3.94. The van der Waals surface area contributed by atoms with Crippen LogP contribution >= 0.6 is 15.9 Å². The van der Waals surface area contributed by atoms with E-state index in [1.54, 1.807) is 18.2 Å². The van der Waals surface area contributed by atoms with Gasteiger partial charge in [-0.3, -0.25) is 4.79 Å². The number of phenolic OH excluding ortho intramolecular Hbond substituents is 1. The summed E-state index contributed by atoms with van der Waals surface area (Å²) in [5, 5.41) is 15.9. The Hall–Kier alpha value is -1.85. The Labute approximate surface area is 131 Å². The molecule has 21 heavy (non-hydrogen) atoms. The van der Waals surface area contributed by atoms with Crippen LogP contribution in [0.3, 0.4) is 0 Å². The molecule has 1 aliphatic rings. The van der Waals surface area contributed by atoms with Crippen molar-refractivity contribution in [3.63, 3.8) is 0 Å². The van der Waals surface area contributed by atoms with Gasteiger partial charge in [0.1, 0.15) is 0 Å². The van der Waals surface area contributed by atoms with Gasteiger partial charge < -0.3 is 15.7 Å². The van der Waals surface area contributed by atoms with Crippen LogP contribution in [0.4, 0.5) is 5.69 Å². The molecule has 0 radical (unpaired) electrons. The minimum atomic E-state index is -0.293. The van der Waals surface area contributed by atoms with Crippen molar-refractivity contribution in [3.8, 4) is 5.75 Å². The molecule has 0 spiro atoms. The number of anilines is 1. The summed E-state index contributed by atoms with van der Waals surface area (Å²) >= 11 is 3.24. The fraction of sp³-hybridized carbons (Fsp3) is 0.188. The fourth-order valence-electron chi connectivity index (χ4n) is 2.48. The van der Waals surface area contributed by atoms with Crippen LogP contribution in [-0.4, -0.2) is 17.1 Å². The van der Waals surface area contributed by atoms with E-state index < -0.39 is 0 Å². The van der Waals surface area contributed by atoms with Gasteiger partial charge in [0.15, 0.2) is 5.75 Å².